The molecule has 1 unspecified atom stereocenters. The summed E-state index contributed by atoms with van der Waals surface area (Å²) in [7, 11) is 0. The molecule has 2 heterocycles. The Morgan fingerprint density at radius 2 is 2.23 bits per heavy atom. The summed E-state index contributed by atoms with van der Waals surface area (Å²) in [6, 6.07) is 11.8. The van der Waals surface area contributed by atoms with Crippen LogP contribution in [-0.2, 0) is 6.42 Å². The van der Waals surface area contributed by atoms with Gasteiger partial charge < -0.3 is 10.2 Å². The molecule has 0 bridgehead atoms. The predicted molar refractivity (Wildman–Crippen MR) is 89.3 cm³/mol. The fourth-order valence-electron chi connectivity index (χ4n) is 2.81. The number of anilines is 2. The number of pyridine rings is 1. The lowest BCUT2D eigenvalue weighted by molar-refractivity contribution is 0.0976. The number of para-hydroxylation sites is 1. The number of carbonyl (C=O) groups excluding carboxylic acids is 1. The Morgan fingerprint density at radius 3 is 2.95 bits per heavy atom. The number of amides is 1. The number of nitrogens with zero attached hydrogens (tertiary/aromatic N) is 2. The molecule has 0 fully saturated rings. The van der Waals surface area contributed by atoms with Gasteiger partial charge in [-0.3, -0.25) is 4.79 Å². The van der Waals surface area contributed by atoms with Crippen molar-refractivity contribution in [1.29, 1.82) is 0 Å². The molecule has 2 aromatic rings. The molecule has 1 atom stereocenters. The van der Waals surface area contributed by atoms with Crippen molar-refractivity contribution in [3.63, 3.8) is 0 Å². The molecule has 112 valence electrons. The third-order valence-electron chi connectivity index (χ3n) is 3.86. The van der Waals surface area contributed by atoms with Gasteiger partial charge in [-0.25, -0.2) is 4.98 Å². The monoisotopic (exact) mass is 293 g/mol. The predicted octanol–water partition coefficient (Wildman–Crippen LogP) is 3.27. The average molecular weight is 293 g/mol. The fraction of sp³-hybridized carbons (Fsp3) is 0.222. The molecule has 1 amide bonds. The Bertz CT molecular complexity index is 694. The van der Waals surface area contributed by atoms with Gasteiger partial charge in [-0.15, -0.1) is 6.58 Å². The minimum absolute atomic E-state index is 0.0484. The molecule has 1 aliphatic rings. The van der Waals surface area contributed by atoms with Crippen LogP contribution in [0.3, 0.4) is 0 Å². The second-order valence-corrected chi connectivity index (χ2v) is 5.46. The average Bonchev–Trinajstić information content (AvgIpc) is 2.88. The maximum atomic E-state index is 12.8. The summed E-state index contributed by atoms with van der Waals surface area (Å²) in [6.45, 7) is 6.40. The third kappa shape index (κ3) is 2.60. The first-order chi connectivity index (χ1) is 10.7. The van der Waals surface area contributed by atoms with E-state index in [-0.39, 0.29) is 11.9 Å². The molecule has 1 N–H and O–H groups in total. The summed E-state index contributed by atoms with van der Waals surface area (Å²) in [5.41, 5.74) is 3.56. The molecule has 0 saturated heterocycles. The van der Waals surface area contributed by atoms with E-state index in [1.807, 2.05) is 29.2 Å². The summed E-state index contributed by atoms with van der Waals surface area (Å²) >= 11 is 0. The lowest BCUT2D eigenvalue weighted by atomic mass is 10.1. The maximum Gasteiger partial charge on any atom is 0.277 e. The lowest BCUT2D eigenvalue weighted by Crippen LogP contribution is -2.36. The molecule has 1 aromatic heterocycles. The van der Waals surface area contributed by atoms with E-state index in [1.165, 1.54) is 5.56 Å². The van der Waals surface area contributed by atoms with Crippen molar-refractivity contribution in [2.24, 2.45) is 0 Å². The van der Waals surface area contributed by atoms with E-state index in [0.29, 0.717) is 12.2 Å². The quantitative estimate of drug-likeness (QED) is 0.880. The Hall–Kier alpha value is -2.62. The number of aromatic nitrogens is 1. The van der Waals surface area contributed by atoms with Crippen molar-refractivity contribution in [1.82, 2.24) is 4.98 Å². The smallest absolute Gasteiger partial charge is 0.277 e. The van der Waals surface area contributed by atoms with Gasteiger partial charge >= 0.3 is 0 Å². The van der Waals surface area contributed by atoms with Gasteiger partial charge in [-0.1, -0.05) is 24.3 Å². The molecule has 1 aromatic carbocycles. The first kappa shape index (κ1) is 14.3. The van der Waals surface area contributed by atoms with Crippen molar-refractivity contribution in [2.45, 2.75) is 19.4 Å². The van der Waals surface area contributed by atoms with Gasteiger partial charge in [0.1, 0.15) is 5.69 Å². The van der Waals surface area contributed by atoms with Crippen LogP contribution in [0.4, 0.5) is 11.4 Å². The molecule has 0 aliphatic carbocycles. The zero-order valence-electron chi connectivity index (χ0n) is 12.6. The minimum Gasteiger partial charge on any atom is -0.380 e. The minimum atomic E-state index is -0.0484. The molecule has 0 spiro atoms. The van der Waals surface area contributed by atoms with Crippen LogP contribution in [0.15, 0.2) is 55.3 Å². The van der Waals surface area contributed by atoms with Gasteiger partial charge in [-0.2, -0.15) is 0 Å². The highest BCUT2D eigenvalue weighted by molar-refractivity contribution is 6.06. The number of nitrogens with one attached hydrogen (secondary N) is 1. The zero-order chi connectivity index (χ0) is 15.5. The highest BCUT2D eigenvalue weighted by Gasteiger charge is 2.31. The van der Waals surface area contributed by atoms with Crippen LogP contribution < -0.4 is 10.2 Å². The van der Waals surface area contributed by atoms with Crippen molar-refractivity contribution in [2.75, 3.05) is 16.8 Å². The topological polar surface area (TPSA) is 45.2 Å². The molecular formula is C18H19N3O. The molecule has 22 heavy (non-hydrogen) atoms. The van der Waals surface area contributed by atoms with Gasteiger partial charge in [0, 0.05) is 18.3 Å². The highest BCUT2D eigenvalue weighted by Crippen LogP contribution is 2.32. The van der Waals surface area contributed by atoms with Crippen LogP contribution in [0.5, 0.6) is 0 Å². The summed E-state index contributed by atoms with van der Waals surface area (Å²) in [5.74, 6) is -0.0484. The van der Waals surface area contributed by atoms with E-state index in [9.17, 15) is 4.79 Å². The molecule has 0 radical (unpaired) electrons. The summed E-state index contributed by atoms with van der Waals surface area (Å²) < 4.78 is 0. The lowest BCUT2D eigenvalue weighted by Gasteiger charge is -2.22. The van der Waals surface area contributed by atoms with E-state index in [0.717, 1.165) is 17.8 Å². The highest BCUT2D eigenvalue weighted by atomic mass is 16.2. The number of hydrogen-bond donors (Lipinski definition) is 1. The van der Waals surface area contributed by atoms with E-state index in [1.54, 1.807) is 18.3 Å². The van der Waals surface area contributed by atoms with Crippen molar-refractivity contribution >= 4 is 17.3 Å². The van der Waals surface area contributed by atoms with Crippen LogP contribution in [0.2, 0.25) is 0 Å². The van der Waals surface area contributed by atoms with Crippen molar-refractivity contribution < 1.29 is 4.79 Å². The number of fused-ring (bicyclic) bond motifs is 1. The van der Waals surface area contributed by atoms with Crippen LogP contribution in [0.25, 0.3) is 0 Å². The van der Waals surface area contributed by atoms with Crippen LogP contribution in [0.1, 0.15) is 23.0 Å². The summed E-state index contributed by atoms with van der Waals surface area (Å²) in [4.78, 5) is 18.9. The summed E-state index contributed by atoms with van der Waals surface area (Å²) in [5, 5.41) is 3.15. The standard InChI is InChI=1S/C18H19N3O/c1-3-10-19-15-8-9-16(20-12-15)18(22)21-13(2)11-14-6-4-5-7-17(14)21/h3-9,12-13,19H,1,10-11H2,2H3. The molecule has 3 rings (SSSR count). The molecular weight excluding hydrogens is 274 g/mol. The molecule has 4 heteroatoms. The second-order valence-electron chi connectivity index (χ2n) is 5.46. The number of rotatable bonds is 4. The molecule has 4 nitrogen and oxygen atoms in total. The van der Waals surface area contributed by atoms with Gasteiger partial charge in [-0.05, 0) is 37.1 Å². The fourth-order valence-corrected chi connectivity index (χ4v) is 2.81. The first-order valence-electron chi connectivity index (χ1n) is 7.43. The second kappa shape index (κ2) is 6.02. The van der Waals surface area contributed by atoms with Crippen molar-refractivity contribution in [3.8, 4) is 0 Å². The largest absolute Gasteiger partial charge is 0.380 e. The Morgan fingerprint density at radius 1 is 1.41 bits per heavy atom. The molecule has 0 saturated carbocycles. The maximum absolute atomic E-state index is 12.8. The Balaban J connectivity index is 1.83. The van der Waals surface area contributed by atoms with Gasteiger partial charge in [0.15, 0.2) is 0 Å². The van der Waals surface area contributed by atoms with E-state index in [4.69, 9.17) is 0 Å². The van der Waals surface area contributed by atoms with Crippen LogP contribution in [0, 0.1) is 0 Å². The van der Waals surface area contributed by atoms with Crippen LogP contribution in [-0.4, -0.2) is 23.5 Å². The summed E-state index contributed by atoms with van der Waals surface area (Å²) in [6.07, 6.45) is 4.35. The molecule has 1 aliphatic heterocycles. The third-order valence-corrected chi connectivity index (χ3v) is 3.86. The van der Waals surface area contributed by atoms with E-state index >= 15 is 0 Å². The van der Waals surface area contributed by atoms with Gasteiger partial charge in [0.2, 0.25) is 0 Å². The number of benzene rings is 1. The van der Waals surface area contributed by atoms with E-state index in [2.05, 4.69) is 29.9 Å². The number of hydrogen-bond acceptors (Lipinski definition) is 3. The zero-order valence-corrected chi connectivity index (χ0v) is 12.6. The SMILES string of the molecule is C=CCNc1ccc(C(=O)N2c3ccccc3CC2C)nc1. The van der Waals surface area contributed by atoms with Gasteiger partial charge in [0.05, 0.1) is 11.9 Å². The van der Waals surface area contributed by atoms with Gasteiger partial charge in [0.25, 0.3) is 5.91 Å². The van der Waals surface area contributed by atoms with Crippen LogP contribution >= 0.6 is 0 Å². The normalized spacial score (nSPS) is 16.2. The Labute approximate surface area is 130 Å². The van der Waals surface area contributed by atoms with E-state index < -0.39 is 0 Å². The first-order valence-corrected chi connectivity index (χ1v) is 7.43. The Kier molecular flexibility index (Phi) is 3.92. The number of carbonyl (C=O) groups is 1. The van der Waals surface area contributed by atoms with Crippen molar-refractivity contribution in [3.05, 3.63) is 66.5 Å².